The van der Waals surface area contributed by atoms with Crippen LogP contribution in [0, 0.1) is 6.92 Å². The number of hydrogen-bond acceptors (Lipinski definition) is 5. The van der Waals surface area contributed by atoms with Crippen molar-refractivity contribution in [3.8, 4) is 0 Å². The number of nitrogens with zero attached hydrogens (tertiary/aromatic N) is 1. The van der Waals surface area contributed by atoms with Gasteiger partial charge in [0.05, 0.1) is 31.9 Å². The monoisotopic (exact) mass is 325 g/mol. The molecule has 0 saturated carbocycles. The molecule has 1 saturated heterocycles. The molecule has 2 unspecified atom stereocenters. The molecule has 0 aliphatic carbocycles. The number of nitrogens with one attached hydrogen (secondary N) is 2. The number of rotatable bonds is 7. The van der Waals surface area contributed by atoms with Crippen LogP contribution in [-0.2, 0) is 9.47 Å². The first-order valence-corrected chi connectivity index (χ1v) is 8.01. The summed E-state index contributed by atoms with van der Waals surface area (Å²) in [5.74, 6) is 1.74. The Bertz CT molecular complexity index is 485. The summed E-state index contributed by atoms with van der Waals surface area (Å²) in [7, 11) is 1.61. The first kappa shape index (κ1) is 17.8. The molecule has 2 amide bonds. The lowest BCUT2D eigenvalue weighted by molar-refractivity contribution is 0.0121. The Morgan fingerprint density at radius 2 is 2.13 bits per heavy atom. The Morgan fingerprint density at radius 3 is 2.74 bits per heavy atom. The van der Waals surface area contributed by atoms with Gasteiger partial charge in [0.25, 0.3) is 0 Å². The molecule has 2 atom stereocenters. The lowest BCUT2D eigenvalue weighted by atomic mass is 10.1. The number of amides is 2. The Balaban J connectivity index is 1.93. The third-order valence-electron chi connectivity index (χ3n) is 3.83. The smallest absolute Gasteiger partial charge is 0.315 e. The van der Waals surface area contributed by atoms with Crippen molar-refractivity contribution in [2.75, 3.05) is 46.6 Å². The van der Waals surface area contributed by atoms with Gasteiger partial charge in [-0.1, -0.05) is 0 Å². The summed E-state index contributed by atoms with van der Waals surface area (Å²) in [6, 6.07) is 3.70. The van der Waals surface area contributed by atoms with Crippen molar-refractivity contribution in [2.24, 2.45) is 0 Å². The van der Waals surface area contributed by atoms with E-state index in [4.69, 9.17) is 13.9 Å². The minimum atomic E-state index is -0.198. The lowest BCUT2D eigenvalue weighted by Crippen LogP contribution is -2.47. The van der Waals surface area contributed by atoms with Gasteiger partial charge < -0.3 is 24.5 Å². The predicted molar refractivity (Wildman–Crippen MR) is 86.5 cm³/mol. The number of carbonyl (C=O) groups is 1. The van der Waals surface area contributed by atoms with Crippen LogP contribution in [0.3, 0.4) is 0 Å². The molecule has 1 aliphatic heterocycles. The molecular weight excluding hydrogens is 298 g/mol. The first-order valence-electron chi connectivity index (χ1n) is 8.01. The van der Waals surface area contributed by atoms with Crippen molar-refractivity contribution < 1.29 is 18.7 Å². The molecule has 1 aliphatic rings. The number of morpholine rings is 1. The summed E-state index contributed by atoms with van der Waals surface area (Å²) in [5.41, 5.74) is 0. The third-order valence-corrected chi connectivity index (χ3v) is 3.83. The second-order valence-corrected chi connectivity index (χ2v) is 5.82. The molecule has 1 aromatic rings. The summed E-state index contributed by atoms with van der Waals surface area (Å²) >= 11 is 0. The molecule has 0 bridgehead atoms. The number of aryl methyl sites for hydroxylation is 1. The molecule has 2 N–H and O–H groups in total. The van der Waals surface area contributed by atoms with Gasteiger partial charge in [0.1, 0.15) is 11.5 Å². The van der Waals surface area contributed by atoms with E-state index < -0.39 is 0 Å². The SMILES string of the molecule is COCC(C)NC(=O)NCC(c1ccc(C)o1)N1CCOCC1. The number of furan rings is 1. The van der Waals surface area contributed by atoms with Crippen molar-refractivity contribution in [1.29, 1.82) is 0 Å². The standard InChI is InChI=1S/C16H27N3O4/c1-12(11-21-3)18-16(20)17-10-14(15-5-4-13(2)23-15)19-6-8-22-9-7-19/h4-5,12,14H,6-11H2,1-3H3,(H2,17,18,20). The molecule has 1 fully saturated rings. The Kier molecular flexibility index (Phi) is 6.88. The number of carbonyl (C=O) groups excluding carboxylic acids is 1. The van der Waals surface area contributed by atoms with Crippen LogP contribution in [0.2, 0.25) is 0 Å². The van der Waals surface area contributed by atoms with Gasteiger partial charge in [-0.15, -0.1) is 0 Å². The third kappa shape index (κ3) is 5.53. The van der Waals surface area contributed by atoms with E-state index in [1.165, 1.54) is 0 Å². The van der Waals surface area contributed by atoms with Gasteiger partial charge in [0, 0.05) is 26.7 Å². The van der Waals surface area contributed by atoms with Gasteiger partial charge in [-0.25, -0.2) is 4.79 Å². The maximum absolute atomic E-state index is 12.0. The highest BCUT2D eigenvalue weighted by Crippen LogP contribution is 2.23. The highest BCUT2D eigenvalue weighted by Gasteiger charge is 2.25. The zero-order chi connectivity index (χ0) is 16.7. The minimum Gasteiger partial charge on any atom is -0.465 e. The van der Waals surface area contributed by atoms with E-state index in [1.54, 1.807) is 7.11 Å². The summed E-state index contributed by atoms with van der Waals surface area (Å²) in [6.45, 7) is 7.85. The summed E-state index contributed by atoms with van der Waals surface area (Å²) in [5, 5.41) is 5.78. The van der Waals surface area contributed by atoms with Crippen LogP contribution in [0.5, 0.6) is 0 Å². The molecule has 130 valence electrons. The molecule has 0 spiro atoms. The molecular formula is C16H27N3O4. The average molecular weight is 325 g/mol. The van der Waals surface area contributed by atoms with Gasteiger partial charge >= 0.3 is 6.03 Å². The van der Waals surface area contributed by atoms with Crippen molar-refractivity contribution in [3.63, 3.8) is 0 Å². The normalized spacial score (nSPS) is 18.4. The van der Waals surface area contributed by atoms with Gasteiger partial charge in [0.2, 0.25) is 0 Å². The first-order chi connectivity index (χ1) is 11.1. The molecule has 0 radical (unpaired) electrons. The zero-order valence-electron chi connectivity index (χ0n) is 14.1. The molecule has 7 heteroatoms. The topological polar surface area (TPSA) is 76.0 Å². The number of methoxy groups -OCH3 is 1. The van der Waals surface area contributed by atoms with E-state index in [9.17, 15) is 4.79 Å². The lowest BCUT2D eigenvalue weighted by Gasteiger charge is -2.33. The average Bonchev–Trinajstić information content (AvgIpc) is 2.95. The van der Waals surface area contributed by atoms with Gasteiger partial charge in [0.15, 0.2) is 0 Å². The van der Waals surface area contributed by atoms with Crippen LogP contribution in [0.15, 0.2) is 16.5 Å². The quantitative estimate of drug-likeness (QED) is 0.790. The minimum absolute atomic E-state index is 0.0103. The van der Waals surface area contributed by atoms with E-state index in [1.807, 2.05) is 26.0 Å². The Labute approximate surface area is 137 Å². The summed E-state index contributed by atoms with van der Waals surface area (Å²) in [6.07, 6.45) is 0. The van der Waals surface area contributed by atoms with Crippen LogP contribution in [0.4, 0.5) is 4.79 Å². The Morgan fingerprint density at radius 1 is 1.39 bits per heavy atom. The highest BCUT2D eigenvalue weighted by molar-refractivity contribution is 5.74. The van der Waals surface area contributed by atoms with E-state index in [0.717, 1.165) is 24.6 Å². The van der Waals surface area contributed by atoms with Crippen molar-refractivity contribution in [3.05, 3.63) is 23.7 Å². The number of ether oxygens (including phenoxy) is 2. The van der Waals surface area contributed by atoms with Crippen LogP contribution >= 0.6 is 0 Å². The maximum atomic E-state index is 12.0. The van der Waals surface area contributed by atoms with Crippen LogP contribution in [-0.4, -0.2) is 63.5 Å². The predicted octanol–water partition coefficient (Wildman–Crippen LogP) is 1.30. The molecule has 2 rings (SSSR count). The highest BCUT2D eigenvalue weighted by atomic mass is 16.5. The van der Waals surface area contributed by atoms with Gasteiger partial charge in [-0.2, -0.15) is 0 Å². The molecule has 23 heavy (non-hydrogen) atoms. The van der Waals surface area contributed by atoms with E-state index in [0.29, 0.717) is 26.4 Å². The summed E-state index contributed by atoms with van der Waals surface area (Å²) < 4.78 is 16.2. The fourth-order valence-corrected chi connectivity index (χ4v) is 2.69. The second-order valence-electron chi connectivity index (χ2n) is 5.82. The number of hydrogen-bond donors (Lipinski definition) is 2. The van der Waals surface area contributed by atoms with Crippen molar-refractivity contribution in [1.82, 2.24) is 15.5 Å². The van der Waals surface area contributed by atoms with Crippen LogP contribution in [0.1, 0.15) is 24.5 Å². The second kappa shape index (κ2) is 8.90. The van der Waals surface area contributed by atoms with Gasteiger partial charge in [-0.3, -0.25) is 4.90 Å². The van der Waals surface area contributed by atoms with Crippen LogP contribution < -0.4 is 10.6 Å². The van der Waals surface area contributed by atoms with Crippen LogP contribution in [0.25, 0.3) is 0 Å². The molecule has 1 aromatic heterocycles. The number of urea groups is 1. The summed E-state index contributed by atoms with van der Waals surface area (Å²) in [4.78, 5) is 14.3. The molecule has 0 aromatic carbocycles. The molecule has 2 heterocycles. The molecule has 7 nitrogen and oxygen atoms in total. The van der Waals surface area contributed by atoms with Gasteiger partial charge in [-0.05, 0) is 26.0 Å². The zero-order valence-corrected chi connectivity index (χ0v) is 14.1. The van der Waals surface area contributed by atoms with Crippen molar-refractivity contribution in [2.45, 2.75) is 25.9 Å². The Hall–Kier alpha value is -1.57. The largest absolute Gasteiger partial charge is 0.465 e. The van der Waals surface area contributed by atoms with E-state index >= 15 is 0 Å². The fourth-order valence-electron chi connectivity index (χ4n) is 2.69. The maximum Gasteiger partial charge on any atom is 0.315 e. The fraction of sp³-hybridized carbons (Fsp3) is 0.688. The van der Waals surface area contributed by atoms with E-state index in [2.05, 4.69) is 15.5 Å². The van der Waals surface area contributed by atoms with Crippen molar-refractivity contribution >= 4 is 6.03 Å². The van der Waals surface area contributed by atoms with E-state index in [-0.39, 0.29) is 18.1 Å².